The molecule has 0 bridgehead atoms. The summed E-state index contributed by atoms with van der Waals surface area (Å²) < 4.78 is 6.99. The number of ether oxygens (including phenoxy) is 1. The Morgan fingerprint density at radius 3 is 2.93 bits per heavy atom. The third kappa shape index (κ3) is 3.64. The molecule has 4 heteroatoms. The molecule has 15 heavy (non-hydrogen) atoms. The quantitative estimate of drug-likeness (QED) is 0.773. The molecule has 0 fully saturated rings. The maximum absolute atomic E-state index is 5.86. The number of hydrogen-bond donors (Lipinski definition) is 1. The highest BCUT2D eigenvalue weighted by atomic mass is 16.5. The zero-order valence-corrected chi connectivity index (χ0v) is 9.81. The molecule has 2 atom stereocenters. The van der Waals surface area contributed by atoms with E-state index in [0.29, 0.717) is 12.6 Å². The van der Waals surface area contributed by atoms with Crippen LogP contribution in [0.25, 0.3) is 0 Å². The molecule has 0 radical (unpaired) electrons. The van der Waals surface area contributed by atoms with Gasteiger partial charge in [-0.05, 0) is 19.4 Å². The predicted molar refractivity (Wildman–Crippen MR) is 60.8 cm³/mol. The van der Waals surface area contributed by atoms with Crippen molar-refractivity contribution in [2.24, 2.45) is 5.73 Å². The molecule has 0 aliphatic heterocycles. The van der Waals surface area contributed by atoms with E-state index in [1.165, 1.54) is 0 Å². The molecule has 0 saturated carbocycles. The molecule has 2 N–H and O–H groups in total. The Bertz CT molecular complexity index is 285. The molecule has 2 unspecified atom stereocenters. The largest absolute Gasteiger partial charge is 0.383 e. The van der Waals surface area contributed by atoms with E-state index in [4.69, 9.17) is 10.5 Å². The zero-order chi connectivity index (χ0) is 11.3. The van der Waals surface area contributed by atoms with E-state index in [0.717, 1.165) is 18.5 Å². The van der Waals surface area contributed by atoms with Crippen molar-refractivity contribution in [2.45, 2.75) is 38.8 Å². The smallest absolute Gasteiger partial charge is 0.0641 e. The van der Waals surface area contributed by atoms with Crippen LogP contribution in [-0.4, -0.2) is 29.5 Å². The van der Waals surface area contributed by atoms with Gasteiger partial charge in [0.25, 0.3) is 0 Å². The second-order valence-electron chi connectivity index (χ2n) is 3.96. The molecule has 1 aromatic heterocycles. The minimum Gasteiger partial charge on any atom is -0.383 e. The van der Waals surface area contributed by atoms with Crippen molar-refractivity contribution < 1.29 is 4.74 Å². The van der Waals surface area contributed by atoms with Crippen molar-refractivity contribution in [3.05, 3.63) is 18.0 Å². The summed E-state index contributed by atoms with van der Waals surface area (Å²) in [6.07, 6.45) is 3.88. The summed E-state index contributed by atoms with van der Waals surface area (Å²) in [7, 11) is 1.66. The van der Waals surface area contributed by atoms with Crippen LogP contribution in [0.2, 0.25) is 0 Å². The van der Waals surface area contributed by atoms with Crippen molar-refractivity contribution in [3.8, 4) is 0 Å². The third-order valence-corrected chi connectivity index (χ3v) is 2.56. The summed E-state index contributed by atoms with van der Waals surface area (Å²) >= 11 is 0. The molecule has 0 aromatic carbocycles. The fraction of sp³-hybridized carbons (Fsp3) is 0.727. The summed E-state index contributed by atoms with van der Waals surface area (Å²) in [6, 6.07) is 2.52. The van der Waals surface area contributed by atoms with Crippen LogP contribution in [0.1, 0.15) is 32.0 Å². The van der Waals surface area contributed by atoms with Gasteiger partial charge in [-0.3, -0.25) is 4.68 Å². The van der Waals surface area contributed by atoms with Crippen LogP contribution >= 0.6 is 0 Å². The lowest BCUT2D eigenvalue weighted by atomic mass is 10.2. The van der Waals surface area contributed by atoms with E-state index in [1.807, 2.05) is 16.9 Å². The number of hydrogen-bond acceptors (Lipinski definition) is 3. The van der Waals surface area contributed by atoms with E-state index < -0.39 is 0 Å². The van der Waals surface area contributed by atoms with E-state index >= 15 is 0 Å². The molecule has 0 aliphatic rings. The van der Waals surface area contributed by atoms with Gasteiger partial charge in [0.05, 0.1) is 12.3 Å². The standard InChI is InChI=1S/C11H21N3O/c1-4-9(2)14-6-5-11(13-14)7-10(12)8-15-3/h5-6,9-10H,4,7-8,12H2,1-3H3. The van der Waals surface area contributed by atoms with E-state index in [2.05, 4.69) is 18.9 Å². The zero-order valence-electron chi connectivity index (χ0n) is 9.81. The molecule has 1 aromatic rings. The van der Waals surface area contributed by atoms with Crippen molar-refractivity contribution in [2.75, 3.05) is 13.7 Å². The minimum atomic E-state index is 0.0373. The topological polar surface area (TPSA) is 53.1 Å². The normalized spacial score (nSPS) is 15.2. The maximum Gasteiger partial charge on any atom is 0.0641 e. The van der Waals surface area contributed by atoms with Crippen LogP contribution in [0.3, 0.4) is 0 Å². The van der Waals surface area contributed by atoms with Gasteiger partial charge in [0.2, 0.25) is 0 Å². The molecule has 0 amide bonds. The van der Waals surface area contributed by atoms with Crippen LogP contribution in [0.15, 0.2) is 12.3 Å². The molecule has 1 heterocycles. The Labute approximate surface area is 91.4 Å². The lowest BCUT2D eigenvalue weighted by molar-refractivity contribution is 0.179. The molecular formula is C11H21N3O. The van der Waals surface area contributed by atoms with Crippen LogP contribution in [0, 0.1) is 0 Å². The second kappa shape index (κ2) is 5.88. The monoisotopic (exact) mass is 211 g/mol. The maximum atomic E-state index is 5.86. The van der Waals surface area contributed by atoms with Crippen molar-refractivity contribution in [1.82, 2.24) is 9.78 Å². The van der Waals surface area contributed by atoms with Gasteiger partial charge in [-0.1, -0.05) is 6.92 Å². The summed E-state index contributed by atoms with van der Waals surface area (Å²) in [5.74, 6) is 0. The van der Waals surface area contributed by atoms with Crippen molar-refractivity contribution in [1.29, 1.82) is 0 Å². The number of rotatable bonds is 6. The molecule has 0 spiro atoms. The van der Waals surface area contributed by atoms with E-state index in [1.54, 1.807) is 7.11 Å². The van der Waals surface area contributed by atoms with Crippen LogP contribution in [-0.2, 0) is 11.2 Å². The first-order chi connectivity index (χ1) is 7.17. The summed E-state index contributed by atoms with van der Waals surface area (Å²) in [6.45, 7) is 4.89. The SMILES string of the molecule is CCC(C)n1ccc(CC(N)COC)n1. The first kappa shape index (κ1) is 12.2. The van der Waals surface area contributed by atoms with E-state index in [-0.39, 0.29) is 6.04 Å². The van der Waals surface area contributed by atoms with Gasteiger partial charge in [-0.2, -0.15) is 5.10 Å². The fourth-order valence-electron chi connectivity index (χ4n) is 1.46. The first-order valence-electron chi connectivity index (χ1n) is 5.46. The molecule has 0 aliphatic carbocycles. The molecule has 86 valence electrons. The molecule has 1 rings (SSSR count). The fourth-order valence-corrected chi connectivity index (χ4v) is 1.46. The summed E-state index contributed by atoms with van der Waals surface area (Å²) in [5, 5.41) is 4.48. The highest BCUT2D eigenvalue weighted by Gasteiger charge is 2.08. The minimum absolute atomic E-state index is 0.0373. The predicted octanol–water partition coefficient (Wildman–Crippen LogP) is 1.37. The van der Waals surface area contributed by atoms with Gasteiger partial charge in [0.15, 0.2) is 0 Å². The Morgan fingerprint density at radius 1 is 1.60 bits per heavy atom. The van der Waals surface area contributed by atoms with Gasteiger partial charge < -0.3 is 10.5 Å². The average molecular weight is 211 g/mol. The Morgan fingerprint density at radius 2 is 2.33 bits per heavy atom. The van der Waals surface area contributed by atoms with Crippen LogP contribution in [0.5, 0.6) is 0 Å². The summed E-state index contributed by atoms with van der Waals surface area (Å²) in [4.78, 5) is 0. The first-order valence-corrected chi connectivity index (χ1v) is 5.46. The van der Waals surface area contributed by atoms with Crippen molar-refractivity contribution in [3.63, 3.8) is 0 Å². The van der Waals surface area contributed by atoms with E-state index in [9.17, 15) is 0 Å². The molecular weight excluding hydrogens is 190 g/mol. The Kier molecular flexibility index (Phi) is 4.78. The van der Waals surface area contributed by atoms with Gasteiger partial charge in [-0.15, -0.1) is 0 Å². The lowest BCUT2D eigenvalue weighted by Crippen LogP contribution is -2.28. The second-order valence-corrected chi connectivity index (χ2v) is 3.96. The van der Waals surface area contributed by atoms with Gasteiger partial charge >= 0.3 is 0 Å². The Hall–Kier alpha value is -0.870. The summed E-state index contributed by atoms with van der Waals surface area (Å²) in [5.41, 5.74) is 6.90. The number of methoxy groups -OCH3 is 1. The van der Waals surface area contributed by atoms with Gasteiger partial charge in [-0.25, -0.2) is 0 Å². The van der Waals surface area contributed by atoms with Crippen LogP contribution in [0.4, 0.5) is 0 Å². The third-order valence-electron chi connectivity index (χ3n) is 2.56. The van der Waals surface area contributed by atoms with Gasteiger partial charge in [0, 0.05) is 31.8 Å². The number of nitrogens with zero attached hydrogens (tertiary/aromatic N) is 2. The highest BCUT2D eigenvalue weighted by molar-refractivity contribution is 5.01. The lowest BCUT2D eigenvalue weighted by Gasteiger charge is -2.09. The highest BCUT2D eigenvalue weighted by Crippen LogP contribution is 2.09. The Balaban J connectivity index is 2.52. The van der Waals surface area contributed by atoms with Gasteiger partial charge in [0.1, 0.15) is 0 Å². The van der Waals surface area contributed by atoms with Crippen molar-refractivity contribution >= 4 is 0 Å². The molecule has 4 nitrogen and oxygen atoms in total. The number of aromatic nitrogens is 2. The average Bonchev–Trinajstić information content (AvgIpc) is 2.65. The van der Waals surface area contributed by atoms with Crippen LogP contribution < -0.4 is 5.73 Å². The number of nitrogens with two attached hydrogens (primary N) is 1. The molecule has 0 saturated heterocycles.